The molecule has 0 radical (unpaired) electrons. The van der Waals surface area contributed by atoms with Crippen molar-refractivity contribution in [2.24, 2.45) is 0 Å². The van der Waals surface area contributed by atoms with E-state index in [-0.39, 0.29) is 23.3 Å². The zero-order valence-corrected chi connectivity index (χ0v) is 14.4. The lowest BCUT2D eigenvalue weighted by molar-refractivity contribution is 0.0665. The summed E-state index contributed by atoms with van der Waals surface area (Å²) in [6.45, 7) is 6.38. The second-order valence-corrected chi connectivity index (χ2v) is 6.59. The Morgan fingerprint density at radius 3 is 2.80 bits per heavy atom. The number of hydrogen-bond donors (Lipinski definition) is 1. The van der Waals surface area contributed by atoms with Crippen LogP contribution in [0, 0.1) is 19.7 Å². The van der Waals surface area contributed by atoms with E-state index in [1.165, 1.54) is 6.07 Å². The third-order valence-corrected chi connectivity index (χ3v) is 4.91. The van der Waals surface area contributed by atoms with Crippen molar-refractivity contribution in [2.75, 3.05) is 6.54 Å². The summed E-state index contributed by atoms with van der Waals surface area (Å²) in [4.78, 5) is 26.5. The number of nitrogens with one attached hydrogen (secondary N) is 1. The first-order valence-electron chi connectivity index (χ1n) is 8.38. The number of pyridine rings is 1. The normalized spacial score (nSPS) is 17.0. The lowest BCUT2D eigenvalue weighted by Gasteiger charge is -2.34. The van der Waals surface area contributed by atoms with E-state index < -0.39 is 5.82 Å². The number of imidazole rings is 1. The van der Waals surface area contributed by atoms with Gasteiger partial charge >= 0.3 is 0 Å². The molecule has 6 heteroatoms. The SMILES string of the molecule is Cc1ccc2c(n1)CCN(C(=O)c1nc3c(C)ccc(F)c3[nH]1)[C@@H]2C. The maximum absolute atomic E-state index is 14.0. The zero-order chi connectivity index (χ0) is 17.7. The fourth-order valence-electron chi connectivity index (χ4n) is 3.50. The van der Waals surface area contributed by atoms with Gasteiger partial charge in [-0.1, -0.05) is 12.1 Å². The largest absolute Gasteiger partial charge is 0.331 e. The molecule has 3 aromatic rings. The predicted molar refractivity (Wildman–Crippen MR) is 92.9 cm³/mol. The van der Waals surface area contributed by atoms with E-state index in [0.29, 0.717) is 18.5 Å². The molecule has 1 aliphatic heterocycles. The number of hydrogen-bond acceptors (Lipinski definition) is 3. The highest BCUT2D eigenvalue weighted by molar-refractivity contribution is 5.95. The average Bonchev–Trinajstić information content (AvgIpc) is 3.04. The van der Waals surface area contributed by atoms with Crippen molar-refractivity contribution in [2.45, 2.75) is 33.2 Å². The Bertz CT molecular complexity index is 955. The Morgan fingerprint density at radius 2 is 2.04 bits per heavy atom. The molecule has 0 aliphatic carbocycles. The molecule has 0 saturated carbocycles. The molecular formula is C19H19FN4O. The molecule has 1 N–H and O–H groups in total. The second kappa shape index (κ2) is 5.65. The lowest BCUT2D eigenvalue weighted by Crippen LogP contribution is -2.39. The molecule has 2 aromatic heterocycles. The summed E-state index contributed by atoms with van der Waals surface area (Å²) >= 11 is 0. The van der Waals surface area contributed by atoms with Crippen LogP contribution in [-0.2, 0) is 6.42 Å². The predicted octanol–water partition coefficient (Wildman–Crippen LogP) is 3.47. The summed E-state index contributed by atoms with van der Waals surface area (Å²) in [7, 11) is 0. The molecule has 1 aromatic carbocycles. The molecule has 0 spiro atoms. The summed E-state index contributed by atoms with van der Waals surface area (Å²) in [6, 6.07) is 6.95. The van der Waals surface area contributed by atoms with Gasteiger partial charge in [-0.3, -0.25) is 9.78 Å². The quantitative estimate of drug-likeness (QED) is 0.739. The second-order valence-electron chi connectivity index (χ2n) is 6.59. The number of aryl methyl sites for hydroxylation is 2. The molecule has 3 heterocycles. The van der Waals surface area contributed by atoms with Crippen LogP contribution in [0.1, 0.15) is 46.1 Å². The van der Waals surface area contributed by atoms with Crippen LogP contribution in [0.4, 0.5) is 4.39 Å². The summed E-state index contributed by atoms with van der Waals surface area (Å²) in [5, 5.41) is 0. The van der Waals surface area contributed by atoms with E-state index in [2.05, 4.69) is 15.0 Å². The summed E-state index contributed by atoms with van der Waals surface area (Å²) < 4.78 is 14.0. The van der Waals surface area contributed by atoms with Gasteiger partial charge in [0.25, 0.3) is 5.91 Å². The van der Waals surface area contributed by atoms with Crippen LogP contribution in [0.2, 0.25) is 0 Å². The number of aromatic nitrogens is 3. The fourth-order valence-corrected chi connectivity index (χ4v) is 3.50. The Hall–Kier alpha value is -2.76. The van der Waals surface area contributed by atoms with Crippen molar-refractivity contribution in [1.29, 1.82) is 0 Å². The van der Waals surface area contributed by atoms with Gasteiger partial charge in [-0.15, -0.1) is 0 Å². The molecule has 5 nitrogen and oxygen atoms in total. The van der Waals surface area contributed by atoms with Crippen LogP contribution in [0.15, 0.2) is 24.3 Å². The van der Waals surface area contributed by atoms with Gasteiger partial charge in [0.1, 0.15) is 11.3 Å². The van der Waals surface area contributed by atoms with Gasteiger partial charge in [-0.2, -0.15) is 0 Å². The van der Waals surface area contributed by atoms with E-state index in [4.69, 9.17) is 0 Å². The Labute approximate surface area is 144 Å². The molecule has 1 amide bonds. The summed E-state index contributed by atoms with van der Waals surface area (Å²) in [5.74, 6) is -0.434. The number of amides is 1. The molecule has 0 fully saturated rings. The van der Waals surface area contributed by atoms with Crippen LogP contribution in [0.3, 0.4) is 0 Å². The van der Waals surface area contributed by atoms with Crippen molar-refractivity contribution < 1.29 is 9.18 Å². The van der Waals surface area contributed by atoms with E-state index in [1.807, 2.05) is 32.9 Å². The third-order valence-electron chi connectivity index (χ3n) is 4.91. The Balaban J connectivity index is 1.71. The minimum atomic E-state index is -0.399. The topological polar surface area (TPSA) is 61.9 Å². The van der Waals surface area contributed by atoms with Gasteiger partial charge < -0.3 is 9.88 Å². The van der Waals surface area contributed by atoms with Crippen molar-refractivity contribution in [3.8, 4) is 0 Å². The highest BCUT2D eigenvalue weighted by Gasteiger charge is 2.30. The summed E-state index contributed by atoms with van der Waals surface area (Å²) in [6.07, 6.45) is 0.709. The van der Waals surface area contributed by atoms with Gasteiger partial charge in [0.15, 0.2) is 5.82 Å². The first-order chi connectivity index (χ1) is 12.0. The lowest BCUT2D eigenvalue weighted by atomic mass is 9.97. The highest BCUT2D eigenvalue weighted by Crippen LogP contribution is 2.30. The van der Waals surface area contributed by atoms with Gasteiger partial charge in [0.2, 0.25) is 0 Å². The van der Waals surface area contributed by atoms with Gasteiger partial charge in [-0.25, -0.2) is 9.37 Å². The molecule has 0 bridgehead atoms. The van der Waals surface area contributed by atoms with Crippen molar-refractivity contribution >= 4 is 16.9 Å². The standard InChI is InChI=1S/C19H19FN4O/c1-10-4-7-14(20)17-16(10)22-18(23-17)19(25)24-9-8-15-13(12(24)3)6-5-11(2)21-15/h4-7,12H,8-9H2,1-3H3,(H,22,23)/t12-/m1/s1. The number of H-pyrrole nitrogens is 1. The molecule has 0 saturated heterocycles. The number of nitrogens with zero attached hydrogens (tertiary/aromatic N) is 3. The van der Waals surface area contributed by atoms with Crippen molar-refractivity contribution in [3.63, 3.8) is 0 Å². The molecular weight excluding hydrogens is 319 g/mol. The number of rotatable bonds is 1. The fraction of sp³-hybridized carbons (Fsp3) is 0.316. The molecule has 128 valence electrons. The smallest absolute Gasteiger partial charge is 0.290 e. The molecule has 0 unspecified atom stereocenters. The van der Waals surface area contributed by atoms with Crippen molar-refractivity contribution in [3.05, 3.63) is 58.4 Å². The van der Waals surface area contributed by atoms with E-state index >= 15 is 0 Å². The van der Waals surface area contributed by atoms with E-state index in [0.717, 1.165) is 22.5 Å². The molecule has 4 rings (SSSR count). The van der Waals surface area contributed by atoms with Gasteiger partial charge in [0, 0.05) is 24.4 Å². The van der Waals surface area contributed by atoms with Crippen LogP contribution < -0.4 is 0 Å². The number of aromatic amines is 1. The zero-order valence-electron chi connectivity index (χ0n) is 14.4. The number of carbonyl (C=O) groups excluding carboxylic acids is 1. The van der Waals surface area contributed by atoms with Gasteiger partial charge in [0.05, 0.1) is 11.6 Å². The third kappa shape index (κ3) is 2.49. The Kier molecular flexibility index (Phi) is 3.56. The minimum Gasteiger partial charge on any atom is -0.331 e. The van der Waals surface area contributed by atoms with Crippen molar-refractivity contribution in [1.82, 2.24) is 19.9 Å². The van der Waals surface area contributed by atoms with Crippen LogP contribution >= 0.6 is 0 Å². The van der Waals surface area contributed by atoms with Crippen LogP contribution in [-0.4, -0.2) is 32.3 Å². The first-order valence-corrected chi connectivity index (χ1v) is 8.38. The number of carbonyl (C=O) groups is 1. The molecule has 1 aliphatic rings. The van der Waals surface area contributed by atoms with E-state index in [1.54, 1.807) is 11.0 Å². The van der Waals surface area contributed by atoms with Gasteiger partial charge in [-0.05, 0) is 44.0 Å². The maximum atomic E-state index is 14.0. The van der Waals surface area contributed by atoms with Crippen LogP contribution in [0.5, 0.6) is 0 Å². The average molecular weight is 338 g/mol. The summed E-state index contributed by atoms with van der Waals surface area (Å²) in [5.41, 5.74) is 4.71. The number of halogens is 1. The minimum absolute atomic E-state index is 0.0940. The molecule has 25 heavy (non-hydrogen) atoms. The number of fused-ring (bicyclic) bond motifs is 2. The Morgan fingerprint density at radius 1 is 1.24 bits per heavy atom. The highest BCUT2D eigenvalue weighted by atomic mass is 19.1. The first kappa shape index (κ1) is 15.7. The molecule has 1 atom stereocenters. The van der Waals surface area contributed by atoms with Crippen LogP contribution in [0.25, 0.3) is 11.0 Å². The van der Waals surface area contributed by atoms with E-state index in [9.17, 15) is 9.18 Å². The maximum Gasteiger partial charge on any atom is 0.290 e. The number of benzene rings is 1. The monoisotopic (exact) mass is 338 g/mol.